The maximum absolute atomic E-state index is 17.3. The summed E-state index contributed by atoms with van der Waals surface area (Å²) >= 11 is 0. The van der Waals surface area contributed by atoms with Crippen LogP contribution in [0.4, 0.5) is 19.0 Å². The predicted molar refractivity (Wildman–Crippen MR) is 231 cm³/mol. The summed E-state index contributed by atoms with van der Waals surface area (Å²) in [4.78, 5) is 46.4. The first-order chi connectivity index (χ1) is 30.6. The average Bonchev–Trinajstić information content (AvgIpc) is 3.98. The smallest absolute Gasteiger partial charge is 0.319 e. The van der Waals surface area contributed by atoms with Crippen LogP contribution in [0.25, 0.3) is 32.9 Å². The van der Waals surface area contributed by atoms with Gasteiger partial charge < -0.3 is 33.9 Å². The van der Waals surface area contributed by atoms with Crippen LogP contribution in [-0.2, 0) is 14.3 Å². The summed E-state index contributed by atoms with van der Waals surface area (Å²) in [5, 5.41) is 10.8. The number of rotatable bonds is 10. The first-order valence-corrected chi connectivity index (χ1v) is 22.2. The molecule has 0 radical (unpaired) electrons. The third-order valence-electron chi connectivity index (χ3n) is 13.7. The number of phenolic OH excluding ortho intramolecular Hbond substituents is 1. The molecule has 5 unspecified atom stereocenters. The molecule has 0 aliphatic carbocycles. The number of anilines is 1. The molecule has 3 aromatic carbocycles. The second-order valence-corrected chi connectivity index (χ2v) is 18.8. The van der Waals surface area contributed by atoms with Gasteiger partial charge in [-0.15, -0.1) is 0 Å². The number of benzene rings is 3. The van der Waals surface area contributed by atoms with Crippen molar-refractivity contribution in [1.82, 2.24) is 24.8 Å². The second-order valence-electron chi connectivity index (χ2n) is 18.8. The van der Waals surface area contributed by atoms with E-state index in [0.29, 0.717) is 24.7 Å². The minimum absolute atomic E-state index is 0.0540. The molecule has 1 amide bonds. The number of phenols is 1. The molecule has 4 fully saturated rings. The van der Waals surface area contributed by atoms with E-state index in [1.807, 2.05) is 29.7 Å². The Balaban J connectivity index is 0.987. The molecule has 5 aliphatic heterocycles. The number of halogens is 3. The number of piperazine rings is 1. The molecule has 0 saturated carbocycles. The van der Waals surface area contributed by atoms with E-state index in [2.05, 4.69) is 27.0 Å². The Morgan fingerprint density at radius 3 is 2.47 bits per heavy atom. The Kier molecular flexibility index (Phi) is 10.3. The number of carbonyl (C=O) groups is 2. The van der Waals surface area contributed by atoms with Gasteiger partial charge in [0, 0.05) is 62.2 Å². The summed E-state index contributed by atoms with van der Waals surface area (Å²) in [6.07, 6.45) is 5.94. The Morgan fingerprint density at radius 2 is 1.70 bits per heavy atom. The van der Waals surface area contributed by atoms with Crippen molar-refractivity contribution in [2.75, 3.05) is 31.1 Å². The van der Waals surface area contributed by atoms with Crippen LogP contribution in [-0.4, -0.2) is 97.5 Å². The highest BCUT2D eigenvalue weighted by Crippen LogP contribution is 2.51. The van der Waals surface area contributed by atoms with Crippen LogP contribution in [0.1, 0.15) is 91.2 Å². The monoisotopic (exact) mass is 880 g/mol. The van der Waals surface area contributed by atoms with E-state index >= 15 is 8.78 Å². The van der Waals surface area contributed by atoms with Crippen LogP contribution >= 0.6 is 0 Å². The van der Waals surface area contributed by atoms with Crippen LogP contribution in [0.5, 0.6) is 23.3 Å². The lowest BCUT2D eigenvalue weighted by molar-refractivity contribution is -0.154. The number of aromatic hydroxyl groups is 1. The number of hydrogen-bond donors (Lipinski definition) is 1. The molecule has 2 bridgehead atoms. The van der Waals surface area contributed by atoms with Gasteiger partial charge in [-0.05, 0) is 93.3 Å². The van der Waals surface area contributed by atoms with E-state index in [1.54, 1.807) is 20.8 Å². The molecule has 4 saturated heterocycles. The van der Waals surface area contributed by atoms with Gasteiger partial charge in [0.1, 0.15) is 35.5 Å². The summed E-state index contributed by atoms with van der Waals surface area (Å²) in [7, 11) is 0. The third-order valence-corrected chi connectivity index (χ3v) is 13.7. The molecule has 1 N–H and O–H groups in total. The summed E-state index contributed by atoms with van der Waals surface area (Å²) in [5.74, 6) is -3.24. The minimum atomic E-state index is -1.20. The van der Waals surface area contributed by atoms with Crippen LogP contribution < -0.4 is 19.1 Å². The van der Waals surface area contributed by atoms with Crippen molar-refractivity contribution in [3.8, 4) is 34.5 Å². The number of amides is 1. The summed E-state index contributed by atoms with van der Waals surface area (Å²) in [6, 6.07) is 10.5. The number of aromatic nitrogens is 3. The van der Waals surface area contributed by atoms with Gasteiger partial charge in [0.25, 0.3) is 0 Å². The normalized spacial score (nSPS) is 23.9. The lowest BCUT2D eigenvalue weighted by atomic mass is 9.95. The lowest BCUT2D eigenvalue weighted by Gasteiger charge is -2.42. The molecule has 10 rings (SSSR count). The molecule has 5 atom stereocenters. The molecule has 5 aromatic rings. The standard InChI is InChI=1S/C48H51F3N6O7/c1-25(2)45(60)62-26(3)17-38(59)57-29-9-10-30(57)23-55(22-29)44-33-21-52-42(32-20-31(58)18-28-7-11-34(49)40(50)39(28)32)41(51)43(33)53-46(54-44)61-24-48-14-6-16-56(48)35(13-15-48)27-8-12-36-37(19-27)64-47(4,5)63-36/h7-8,11-12,18-21,25-26,29-30,35,58H,6,9-10,13-17,22-24H2,1-5H3. The highest BCUT2D eigenvalue weighted by atomic mass is 19.2. The summed E-state index contributed by atoms with van der Waals surface area (Å²) in [6.45, 7) is 10.8. The van der Waals surface area contributed by atoms with E-state index in [1.165, 1.54) is 18.3 Å². The fourth-order valence-corrected chi connectivity index (χ4v) is 10.8. The van der Waals surface area contributed by atoms with Crippen LogP contribution in [0.2, 0.25) is 0 Å². The second kappa shape index (κ2) is 15.7. The van der Waals surface area contributed by atoms with Gasteiger partial charge in [0.15, 0.2) is 29.0 Å². The van der Waals surface area contributed by atoms with E-state index in [0.717, 1.165) is 68.5 Å². The summed E-state index contributed by atoms with van der Waals surface area (Å²) < 4.78 is 71.5. The molecular weight excluding hydrogens is 830 g/mol. The number of hydrogen-bond acceptors (Lipinski definition) is 12. The molecule has 13 nitrogen and oxygen atoms in total. The SMILES string of the molecule is CC(CC(=O)N1C2CCC1CN(c1nc(OCC34CCCN3C(c3ccc5c(c3)OC(C)(C)O5)CC4)nc3c(F)c(-c4cc(O)cc5ccc(F)c(F)c45)ncc13)C2)OC(=O)C(C)C. The fourth-order valence-electron chi connectivity index (χ4n) is 10.8. The van der Waals surface area contributed by atoms with Gasteiger partial charge in [0.2, 0.25) is 11.7 Å². The molecule has 5 aliphatic rings. The summed E-state index contributed by atoms with van der Waals surface area (Å²) in [5.41, 5.74) is 0.177. The Labute approximate surface area is 368 Å². The molecular formula is C48H51F3N6O7. The van der Waals surface area contributed by atoms with Crippen molar-refractivity contribution in [3.05, 3.63) is 71.7 Å². The zero-order valence-electron chi connectivity index (χ0n) is 36.5. The van der Waals surface area contributed by atoms with Crippen molar-refractivity contribution in [2.45, 2.75) is 115 Å². The average molecular weight is 881 g/mol. The topological polar surface area (TPSA) is 140 Å². The Bertz CT molecular complexity index is 2700. The van der Waals surface area contributed by atoms with Crippen molar-refractivity contribution in [1.29, 1.82) is 0 Å². The number of ether oxygens (including phenoxy) is 4. The van der Waals surface area contributed by atoms with Crippen molar-refractivity contribution < 1.29 is 46.8 Å². The first kappa shape index (κ1) is 42.1. The highest BCUT2D eigenvalue weighted by molar-refractivity contribution is 6.00. The van der Waals surface area contributed by atoms with Crippen LogP contribution in [0.15, 0.2) is 48.7 Å². The first-order valence-electron chi connectivity index (χ1n) is 22.2. The Morgan fingerprint density at radius 1 is 0.938 bits per heavy atom. The van der Waals surface area contributed by atoms with E-state index in [-0.39, 0.29) is 99.2 Å². The molecule has 64 heavy (non-hydrogen) atoms. The van der Waals surface area contributed by atoms with E-state index in [9.17, 15) is 19.1 Å². The van der Waals surface area contributed by atoms with Crippen molar-refractivity contribution >= 4 is 39.4 Å². The quantitative estimate of drug-likeness (QED) is 0.135. The largest absolute Gasteiger partial charge is 0.508 e. The Hall–Kier alpha value is -5.90. The van der Waals surface area contributed by atoms with Crippen LogP contribution in [0, 0.1) is 23.4 Å². The van der Waals surface area contributed by atoms with Crippen molar-refractivity contribution in [3.63, 3.8) is 0 Å². The van der Waals surface area contributed by atoms with Crippen LogP contribution in [0.3, 0.4) is 0 Å². The number of esters is 1. The molecule has 336 valence electrons. The van der Waals surface area contributed by atoms with Gasteiger partial charge in [-0.25, -0.2) is 13.2 Å². The van der Waals surface area contributed by atoms with Gasteiger partial charge >= 0.3 is 12.0 Å². The molecule has 2 aromatic heterocycles. The number of nitrogens with zero attached hydrogens (tertiary/aromatic N) is 6. The molecule has 0 spiro atoms. The van der Waals surface area contributed by atoms with Gasteiger partial charge in [0.05, 0.1) is 23.3 Å². The van der Waals surface area contributed by atoms with Gasteiger partial charge in [-0.2, -0.15) is 9.97 Å². The highest BCUT2D eigenvalue weighted by Gasteiger charge is 2.51. The van der Waals surface area contributed by atoms with E-state index < -0.39 is 29.3 Å². The van der Waals surface area contributed by atoms with Gasteiger partial charge in [-0.3, -0.25) is 19.5 Å². The number of pyridine rings is 1. The zero-order chi connectivity index (χ0) is 44.8. The fraction of sp³-hybridized carbons (Fsp3) is 0.479. The number of fused-ring (bicyclic) bond motifs is 6. The minimum Gasteiger partial charge on any atom is -0.508 e. The van der Waals surface area contributed by atoms with E-state index in [4.69, 9.17) is 23.9 Å². The molecule has 7 heterocycles. The maximum Gasteiger partial charge on any atom is 0.319 e. The van der Waals surface area contributed by atoms with Crippen molar-refractivity contribution in [2.24, 2.45) is 5.92 Å². The van der Waals surface area contributed by atoms with Gasteiger partial charge in [-0.1, -0.05) is 26.0 Å². The number of carbonyl (C=O) groups excluding carboxylic acids is 2. The predicted octanol–water partition coefficient (Wildman–Crippen LogP) is 8.38. The lowest BCUT2D eigenvalue weighted by Crippen LogP contribution is -2.56. The zero-order valence-corrected chi connectivity index (χ0v) is 36.5. The molecule has 16 heteroatoms. The third kappa shape index (κ3) is 7.27. The maximum atomic E-state index is 17.3.